The van der Waals surface area contributed by atoms with Gasteiger partial charge in [0.2, 0.25) is 0 Å². The number of aliphatic hydroxyl groups excluding tert-OH is 2. The summed E-state index contributed by atoms with van der Waals surface area (Å²) in [6, 6.07) is 2.02. The summed E-state index contributed by atoms with van der Waals surface area (Å²) in [5.41, 5.74) is 2.13. The second-order valence-electron chi connectivity index (χ2n) is 8.16. The third kappa shape index (κ3) is 2.40. The number of hydrogen-bond acceptors (Lipinski definition) is 3. The lowest BCUT2D eigenvalue weighted by molar-refractivity contribution is -0.190. The van der Waals surface area contributed by atoms with Crippen molar-refractivity contribution in [1.29, 1.82) is 0 Å². The van der Waals surface area contributed by atoms with Crippen molar-refractivity contribution in [2.75, 3.05) is 0 Å². The van der Waals surface area contributed by atoms with E-state index in [2.05, 4.69) is 33.8 Å². The Balaban J connectivity index is 1.95. The Labute approximate surface area is 139 Å². The van der Waals surface area contributed by atoms with Gasteiger partial charge in [-0.2, -0.15) is 0 Å². The van der Waals surface area contributed by atoms with Crippen LogP contribution in [0, 0.1) is 22.7 Å². The lowest BCUT2D eigenvalue weighted by Gasteiger charge is -2.61. The second-order valence-corrected chi connectivity index (χ2v) is 8.16. The summed E-state index contributed by atoms with van der Waals surface area (Å²) < 4.78 is 5.20. The maximum absolute atomic E-state index is 10.9. The average molecular weight is 318 g/mol. The lowest BCUT2D eigenvalue weighted by Crippen LogP contribution is -2.63. The molecule has 0 amide bonds. The molecule has 0 aromatic carbocycles. The van der Waals surface area contributed by atoms with Gasteiger partial charge in [0.05, 0.1) is 24.7 Å². The van der Waals surface area contributed by atoms with Crippen molar-refractivity contribution >= 4 is 0 Å². The van der Waals surface area contributed by atoms with E-state index in [-0.39, 0.29) is 16.7 Å². The maximum atomic E-state index is 10.9. The van der Waals surface area contributed by atoms with Gasteiger partial charge in [0.15, 0.2) is 0 Å². The number of hydrogen-bond donors (Lipinski definition) is 2. The van der Waals surface area contributed by atoms with Crippen molar-refractivity contribution in [2.24, 2.45) is 22.7 Å². The zero-order valence-corrected chi connectivity index (χ0v) is 14.7. The number of aryl methyl sites for hydroxylation is 1. The fraction of sp³-hybridized carbons (Fsp3) is 0.700. The largest absolute Gasteiger partial charge is 0.472 e. The highest BCUT2D eigenvalue weighted by Gasteiger charge is 2.60. The van der Waals surface area contributed by atoms with E-state index in [0.29, 0.717) is 5.92 Å². The molecule has 0 saturated heterocycles. The minimum absolute atomic E-state index is 0.000185. The fourth-order valence-corrected chi connectivity index (χ4v) is 5.30. The number of rotatable bonds is 3. The zero-order valence-electron chi connectivity index (χ0n) is 14.7. The first-order chi connectivity index (χ1) is 10.8. The Kier molecular flexibility index (Phi) is 4.22. The van der Waals surface area contributed by atoms with Gasteiger partial charge in [0.1, 0.15) is 0 Å². The van der Waals surface area contributed by atoms with Crippen molar-refractivity contribution < 1.29 is 14.6 Å². The molecule has 2 N–H and O–H groups in total. The molecular weight excluding hydrogens is 288 g/mol. The molecule has 1 saturated carbocycles. The topological polar surface area (TPSA) is 53.6 Å². The van der Waals surface area contributed by atoms with Gasteiger partial charge in [-0.25, -0.2) is 0 Å². The quantitative estimate of drug-likeness (QED) is 0.830. The zero-order chi connectivity index (χ0) is 16.8. The Morgan fingerprint density at radius 3 is 2.70 bits per heavy atom. The molecule has 2 aliphatic carbocycles. The molecule has 3 heteroatoms. The van der Waals surface area contributed by atoms with Gasteiger partial charge >= 0.3 is 0 Å². The van der Waals surface area contributed by atoms with Crippen LogP contribution in [-0.2, 0) is 6.42 Å². The molecule has 1 fully saturated rings. The van der Waals surface area contributed by atoms with Crippen LogP contribution in [0.3, 0.4) is 0 Å². The third-order valence-corrected chi connectivity index (χ3v) is 7.30. The van der Waals surface area contributed by atoms with E-state index in [0.717, 1.165) is 25.7 Å². The first-order valence-electron chi connectivity index (χ1n) is 8.86. The van der Waals surface area contributed by atoms with Gasteiger partial charge in [-0.15, -0.1) is 0 Å². The summed E-state index contributed by atoms with van der Waals surface area (Å²) >= 11 is 0. The molecule has 1 aromatic heterocycles. The van der Waals surface area contributed by atoms with Crippen LogP contribution in [0.25, 0.3) is 0 Å². The van der Waals surface area contributed by atoms with E-state index < -0.39 is 12.2 Å². The Bertz CT molecular complexity index is 576. The van der Waals surface area contributed by atoms with Crippen LogP contribution >= 0.6 is 0 Å². The normalized spacial score (nSPS) is 43.8. The van der Waals surface area contributed by atoms with E-state index in [1.165, 1.54) is 11.1 Å². The summed E-state index contributed by atoms with van der Waals surface area (Å²) in [5.74, 6) is 0.466. The van der Waals surface area contributed by atoms with Gasteiger partial charge in [-0.3, -0.25) is 0 Å². The fourth-order valence-electron chi connectivity index (χ4n) is 5.30. The molecule has 2 aliphatic rings. The van der Waals surface area contributed by atoms with Crippen LogP contribution in [-0.4, -0.2) is 22.4 Å². The molecule has 0 aliphatic heterocycles. The first-order valence-corrected chi connectivity index (χ1v) is 8.86. The molecule has 0 unspecified atom stereocenters. The number of furan rings is 1. The molecule has 128 valence electrons. The van der Waals surface area contributed by atoms with E-state index in [4.69, 9.17) is 4.42 Å². The number of aliphatic hydroxyl groups is 2. The van der Waals surface area contributed by atoms with E-state index in [9.17, 15) is 10.2 Å². The third-order valence-electron chi connectivity index (χ3n) is 7.30. The summed E-state index contributed by atoms with van der Waals surface area (Å²) in [6.45, 7) is 8.69. The second kappa shape index (κ2) is 5.78. The smallest absolute Gasteiger partial charge is 0.0934 e. The van der Waals surface area contributed by atoms with Crippen LogP contribution in [0.15, 0.2) is 34.7 Å². The summed E-state index contributed by atoms with van der Waals surface area (Å²) in [5, 5.41) is 21.6. The summed E-state index contributed by atoms with van der Waals surface area (Å²) in [4.78, 5) is 0. The van der Waals surface area contributed by atoms with Crippen molar-refractivity contribution in [3.8, 4) is 0 Å². The predicted octanol–water partition coefficient (Wildman–Crippen LogP) is 3.95. The molecule has 1 aromatic rings. The Morgan fingerprint density at radius 2 is 2.04 bits per heavy atom. The van der Waals surface area contributed by atoms with E-state index in [1.807, 2.05) is 12.3 Å². The molecule has 0 bridgehead atoms. The van der Waals surface area contributed by atoms with Crippen molar-refractivity contribution in [3.63, 3.8) is 0 Å². The van der Waals surface area contributed by atoms with Crippen molar-refractivity contribution in [1.82, 2.24) is 0 Å². The predicted molar refractivity (Wildman–Crippen MR) is 90.9 cm³/mol. The van der Waals surface area contributed by atoms with Gasteiger partial charge < -0.3 is 14.6 Å². The van der Waals surface area contributed by atoms with Crippen LogP contribution in [0.4, 0.5) is 0 Å². The highest BCUT2D eigenvalue weighted by Crippen LogP contribution is 2.61. The standard InChI is InChI=1S/C20H30O3/c1-13-6-5-7-16-19(3,10-8-15-9-11-23-12-15)14(2)17(21)18(22)20(13,16)4/h6,9,11-12,14,16-18,21-22H,5,7-8,10H2,1-4H3/t14-,16-,17+,18+,19+,20+/m1/s1. The number of allylic oxidation sites excluding steroid dienone is 1. The Hall–Kier alpha value is -1.06. The van der Waals surface area contributed by atoms with E-state index >= 15 is 0 Å². The molecule has 3 nitrogen and oxygen atoms in total. The van der Waals surface area contributed by atoms with Gasteiger partial charge in [-0.05, 0) is 61.5 Å². The van der Waals surface area contributed by atoms with Crippen molar-refractivity contribution in [3.05, 3.63) is 35.8 Å². The molecule has 0 radical (unpaired) electrons. The minimum atomic E-state index is -0.680. The first kappa shape index (κ1) is 16.8. The molecule has 0 spiro atoms. The highest BCUT2D eigenvalue weighted by molar-refractivity contribution is 5.25. The maximum Gasteiger partial charge on any atom is 0.0934 e. The lowest BCUT2D eigenvalue weighted by atomic mass is 9.45. The van der Waals surface area contributed by atoms with Crippen LogP contribution in [0.1, 0.15) is 52.5 Å². The van der Waals surface area contributed by atoms with Gasteiger partial charge in [-0.1, -0.05) is 32.4 Å². The monoisotopic (exact) mass is 318 g/mol. The molecular formula is C20H30O3. The SMILES string of the molecule is CC1=CCC[C@@H]2[C@@](C)(CCc3ccoc3)[C@H](C)[C@H](O)[C@H](O)[C@@]12C. The highest BCUT2D eigenvalue weighted by atomic mass is 16.3. The summed E-state index contributed by atoms with van der Waals surface area (Å²) in [7, 11) is 0. The van der Waals surface area contributed by atoms with Crippen molar-refractivity contribution in [2.45, 2.75) is 65.6 Å². The van der Waals surface area contributed by atoms with Gasteiger partial charge in [0, 0.05) is 5.41 Å². The molecule has 6 atom stereocenters. The van der Waals surface area contributed by atoms with Crippen LogP contribution in [0.2, 0.25) is 0 Å². The minimum Gasteiger partial charge on any atom is -0.472 e. The summed E-state index contributed by atoms with van der Waals surface area (Å²) in [6.07, 6.45) is 8.55. The molecule has 1 heterocycles. The van der Waals surface area contributed by atoms with Gasteiger partial charge in [0.25, 0.3) is 0 Å². The Morgan fingerprint density at radius 1 is 1.30 bits per heavy atom. The van der Waals surface area contributed by atoms with Crippen LogP contribution < -0.4 is 0 Å². The molecule has 3 rings (SSSR count). The number of fused-ring (bicyclic) bond motifs is 1. The van der Waals surface area contributed by atoms with Crippen LogP contribution in [0.5, 0.6) is 0 Å². The van der Waals surface area contributed by atoms with E-state index in [1.54, 1.807) is 6.26 Å². The average Bonchev–Trinajstić information content (AvgIpc) is 3.05. The molecule has 23 heavy (non-hydrogen) atoms.